The van der Waals surface area contributed by atoms with Crippen molar-refractivity contribution in [3.63, 3.8) is 0 Å². The van der Waals surface area contributed by atoms with E-state index in [0.717, 1.165) is 37.2 Å². The number of piperazine rings is 1. The van der Waals surface area contributed by atoms with Gasteiger partial charge in [-0.2, -0.15) is 0 Å². The van der Waals surface area contributed by atoms with Crippen LogP contribution in [0.4, 0.5) is 10.2 Å². The largest absolute Gasteiger partial charge is 0.352 e. The Morgan fingerprint density at radius 1 is 1.17 bits per heavy atom. The van der Waals surface area contributed by atoms with E-state index in [2.05, 4.69) is 41.8 Å². The normalized spacial score (nSPS) is 15.9. The Balaban J connectivity index is 1.62. The van der Waals surface area contributed by atoms with E-state index in [1.165, 1.54) is 11.9 Å². The summed E-state index contributed by atoms with van der Waals surface area (Å²) in [6.45, 7) is 6.03. The number of halogens is 2. The summed E-state index contributed by atoms with van der Waals surface area (Å²) in [6.07, 6.45) is 5.70. The van der Waals surface area contributed by atoms with Gasteiger partial charge in [-0.3, -0.25) is 9.88 Å². The van der Waals surface area contributed by atoms with Crippen LogP contribution in [0.1, 0.15) is 18.2 Å². The van der Waals surface area contributed by atoms with Gasteiger partial charge in [0.15, 0.2) is 11.6 Å². The molecule has 0 saturated carbocycles. The lowest BCUT2D eigenvalue weighted by Crippen LogP contribution is -2.46. The predicted molar refractivity (Wildman–Crippen MR) is 90.8 cm³/mol. The van der Waals surface area contributed by atoms with Gasteiger partial charge >= 0.3 is 0 Å². The van der Waals surface area contributed by atoms with E-state index < -0.39 is 0 Å². The minimum absolute atomic E-state index is 0.278. The third kappa shape index (κ3) is 3.84. The first kappa shape index (κ1) is 16.3. The lowest BCUT2D eigenvalue weighted by molar-refractivity contribution is 0.248. The Kier molecular flexibility index (Phi) is 5.17. The van der Waals surface area contributed by atoms with Gasteiger partial charge in [0, 0.05) is 49.6 Å². The van der Waals surface area contributed by atoms with Crippen LogP contribution in [0, 0.1) is 5.82 Å². The van der Waals surface area contributed by atoms with Gasteiger partial charge < -0.3 is 4.90 Å². The van der Waals surface area contributed by atoms with E-state index in [9.17, 15) is 4.39 Å². The summed E-state index contributed by atoms with van der Waals surface area (Å²) in [5.74, 6) is 0.153. The molecule has 23 heavy (non-hydrogen) atoms. The van der Waals surface area contributed by atoms with Gasteiger partial charge in [0.25, 0.3) is 0 Å². The van der Waals surface area contributed by atoms with Crippen LogP contribution in [0.2, 0.25) is 0 Å². The van der Waals surface area contributed by atoms with Crippen LogP contribution in [-0.4, -0.2) is 46.0 Å². The molecule has 1 saturated heterocycles. The molecular weight excluding hydrogens is 361 g/mol. The molecule has 0 aliphatic carbocycles. The average Bonchev–Trinajstić information content (AvgIpc) is 2.56. The van der Waals surface area contributed by atoms with Crippen molar-refractivity contribution in [2.75, 3.05) is 31.1 Å². The standard InChI is InChI=1S/C16H19BrFN5/c1-2-14-15(18)16(21-11-20-14)23-5-3-22(4-6-23)10-12-7-13(17)9-19-8-12/h7-9,11H,2-6,10H2,1H3. The summed E-state index contributed by atoms with van der Waals surface area (Å²) in [5, 5.41) is 0. The van der Waals surface area contributed by atoms with E-state index in [-0.39, 0.29) is 5.82 Å². The van der Waals surface area contributed by atoms with Gasteiger partial charge in [0.1, 0.15) is 6.33 Å². The Bertz CT molecular complexity index is 673. The van der Waals surface area contributed by atoms with Crippen LogP contribution >= 0.6 is 15.9 Å². The van der Waals surface area contributed by atoms with Crippen LogP contribution in [0.25, 0.3) is 0 Å². The molecule has 5 nitrogen and oxygen atoms in total. The summed E-state index contributed by atoms with van der Waals surface area (Å²) < 4.78 is 15.3. The molecule has 2 aromatic heterocycles. The second-order valence-electron chi connectivity index (χ2n) is 5.59. The van der Waals surface area contributed by atoms with Crippen LogP contribution in [0.3, 0.4) is 0 Å². The zero-order chi connectivity index (χ0) is 16.2. The quantitative estimate of drug-likeness (QED) is 0.816. The highest BCUT2D eigenvalue weighted by Gasteiger charge is 2.22. The zero-order valence-corrected chi connectivity index (χ0v) is 14.6. The number of hydrogen-bond donors (Lipinski definition) is 0. The molecule has 2 aromatic rings. The lowest BCUT2D eigenvalue weighted by atomic mass is 10.2. The highest BCUT2D eigenvalue weighted by Crippen LogP contribution is 2.20. The Morgan fingerprint density at radius 3 is 2.65 bits per heavy atom. The Labute approximate surface area is 143 Å². The number of aryl methyl sites for hydroxylation is 1. The van der Waals surface area contributed by atoms with Crippen molar-refractivity contribution in [2.45, 2.75) is 19.9 Å². The highest BCUT2D eigenvalue weighted by molar-refractivity contribution is 9.10. The Hall–Kier alpha value is -1.60. The summed E-state index contributed by atoms with van der Waals surface area (Å²) >= 11 is 3.44. The van der Waals surface area contributed by atoms with Crippen LogP contribution in [-0.2, 0) is 13.0 Å². The first-order chi connectivity index (χ1) is 11.2. The van der Waals surface area contributed by atoms with E-state index in [0.29, 0.717) is 17.9 Å². The highest BCUT2D eigenvalue weighted by atomic mass is 79.9. The molecule has 0 radical (unpaired) electrons. The molecular formula is C16H19BrFN5. The molecule has 122 valence electrons. The molecule has 0 bridgehead atoms. The van der Waals surface area contributed by atoms with Crippen molar-refractivity contribution < 1.29 is 4.39 Å². The lowest BCUT2D eigenvalue weighted by Gasteiger charge is -2.35. The van der Waals surface area contributed by atoms with Crippen LogP contribution in [0.5, 0.6) is 0 Å². The fraction of sp³-hybridized carbons (Fsp3) is 0.438. The maximum absolute atomic E-state index is 14.4. The van der Waals surface area contributed by atoms with E-state index in [1.807, 2.05) is 18.0 Å². The summed E-state index contributed by atoms with van der Waals surface area (Å²) in [7, 11) is 0. The van der Waals surface area contributed by atoms with Crippen molar-refractivity contribution in [1.29, 1.82) is 0 Å². The van der Waals surface area contributed by atoms with Crippen molar-refractivity contribution in [1.82, 2.24) is 19.9 Å². The number of aromatic nitrogens is 3. The fourth-order valence-corrected chi connectivity index (χ4v) is 3.19. The third-order valence-corrected chi connectivity index (χ3v) is 4.45. The summed E-state index contributed by atoms with van der Waals surface area (Å²) in [5.41, 5.74) is 1.66. The number of hydrogen-bond acceptors (Lipinski definition) is 5. The molecule has 1 aliphatic rings. The van der Waals surface area contributed by atoms with Gasteiger partial charge in [-0.1, -0.05) is 6.92 Å². The second kappa shape index (κ2) is 7.31. The smallest absolute Gasteiger partial charge is 0.187 e. The van der Waals surface area contributed by atoms with Gasteiger partial charge in [0.05, 0.1) is 5.69 Å². The van der Waals surface area contributed by atoms with Gasteiger partial charge in [0.2, 0.25) is 0 Å². The number of nitrogens with zero attached hydrogens (tertiary/aromatic N) is 5. The topological polar surface area (TPSA) is 45.2 Å². The molecule has 7 heteroatoms. The van der Waals surface area contributed by atoms with E-state index >= 15 is 0 Å². The van der Waals surface area contributed by atoms with Gasteiger partial charge in [-0.05, 0) is 34.0 Å². The minimum atomic E-state index is -0.278. The van der Waals surface area contributed by atoms with Crippen molar-refractivity contribution in [3.8, 4) is 0 Å². The molecule has 3 heterocycles. The molecule has 1 aliphatic heterocycles. The SMILES string of the molecule is CCc1ncnc(N2CCN(Cc3cncc(Br)c3)CC2)c1F. The van der Waals surface area contributed by atoms with E-state index in [1.54, 1.807) is 6.20 Å². The fourth-order valence-electron chi connectivity index (χ4n) is 2.78. The zero-order valence-electron chi connectivity index (χ0n) is 13.0. The van der Waals surface area contributed by atoms with E-state index in [4.69, 9.17) is 0 Å². The summed E-state index contributed by atoms with van der Waals surface area (Å²) in [4.78, 5) is 16.7. The van der Waals surface area contributed by atoms with Crippen LogP contribution in [0.15, 0.2) is 29.3 Å². The maximum Gasteiger partial charge on any atom is 0.187 e. The molecule has 3 rings (SSSR count). The van der Waals surface area contributed by atoms with Crippen molar-refractivity contribution in [2.24, 2.45) is 0 Å². The monoisotopic (exact) mass is 379 g/mol. The minimum Gasteiger partial charge on any atom is -0.352 e. The molecule has 0 amide bonds. The predicted octanol–water partition coefficient (Wildman–Crippen LogP) is 2.66. The molecule has 0 atom stereocenters. The first-order valence-corrected chi connectivity index (χ1v) is 8.52. The second-order valence-corrected chi connectivity index (χ2v) is 6.50. The number of rotatable bonds is 4. The first-order valence-electron chi connectivity index (χ1n) is 7.73. The maximum atomic E-state index is 14.4. The van der Waals surface area contributed by atoms with Crippen LogP contribution < -0.4 is 4.90 Å². The molecule has 0 spiro atoms. The van der Waals surface area contributed by atoms with Gasteiger partial charge in [-0.15, -0.1) is 0 Å². The Morgan fingerprint density at radius 2 is 1.96 bits per heavy atom. The van der Waals surface area contributed by atoms with Crippen molar-refractivity contribution >= 4 is 21.7 Å². The summed E-state index contributed by atoms with van der Waals surface area (Å²) in [6, 6.07) is 2.08. The molecule has 0 N–H and O–H groups in total. The molecule has 0 unspecified atom stereocenters. The van der Waals surface area contributed by atoms with Crippen molar-refractivity contribution in [3.05, 3.63) is 46.3 Å². The molecule has 1 fully saturated rings. The number of pyridine rings is 1. The average molecular weight is 380 g/mol. The molecule has 0 aromatic carbocycles. The third-order valence-electron chi connectivity index (χ3n) is 4.02. The number of anilines is 1. The van der Waals surface area contributed by atoms with Gasteiger partial charge in [-0.25, -0.2) is 14.4 Å².